The van der Waals surface area contributed by atoms with E-state index in [0.717, 1.165) is 116 Å². The van der Waals surface area contributed by atoms with Crippen LogP contribution in [0.1, 0.15) is 155 Å². The van der Waals surface area contributed by atoms with Gasteiger partial charge in [0, 0.05) is 12.8 Å². The van der Waals surface area contributed by atoms with Crippen molar-refractivity contribution in [2.45, 2.75) is 167 Å². The van der Waals surface area contributed by atoms with Gasteiger partial charge in [-0.1, -0.05) is 161 Å². The number of nitrogens with zero attached hydrogens (tertiary/aromatic N) is 1. The highest BCUT2D eigenvalue weighted by Crippen LogP contribution is 2.12. The zero-order valence-corrected chi connectivity index (χ0v) is 41.3. The number of carboxylic acids is 1. The summed E-state index contributed by atoms with van der Waals surface area (Å²) in [6.45, 7) is 4.55. The van der Waals surface area contributed by atoms with Crippen molar-refractivity contribution in [2.24, 2.45) is 0 Å². The lowest BCUT2D eigenvalue weighted by atomic mass is 10.1. The zero-order valence-electron chi connectivity index (χ0n) is 41.3. The summed E-state index contributed by atoms with van der Waals surface area (Å²) in [4.78, 5) is 37.2. The number of esters is 2. The van der Waals surface area contributed by atoms with E-state index in [2.05, 4.69) is 135 Å². The standard InChI is InChI=1S/C56H89NO8/c1-6-8-10-12-14-16-18-20-22-23-24-25-26-27-28-29-30-31-33-35-37-39-41-43-45-47-54(59)65-52(51-64-56(55(60)61)62-49-48-57(3,4)5)50-63-53(58)46-44-42-40-38-36-34-32-21-19-17-15-13-11-9-7-2/h8-11,14-17,20-22,24-25,27-28,30-32,35,37,52,56H,6-7,12-13,18-19,23,26,29,33-34,36,38-51H2,1-5H3/p+1/b10-8-,11-9-,16-14-,17-15-,22-20-,25-24-,28-27-,31-30-,32-21-,37-35-. The second-order valence-corrected chi connectivity index (χ2v) is 17.0. The number of carboxylic acid groups (broad SMARTS) is 1. The molecule has 0 aliphatic heterocycles. The van der Waals surface area contributed by atoms with Gasteiger partial charge in [0.1, 0.15) is 13.2 Å². The maximum Gasteiger partial charge on any atom is 0.361 e. The molecular weight excluding hydrogens is 815 g/mol. The van der Waals surface area contributed by atoms with E-state index < -0.39 is 24.3 Å². The van der Waals surface area contributed by atoms with E-state index in [1.165, 1.54) is 0 Å². The normalized spacial score (nSPS) is 13.9. The number of ether oxygens (including phenoxy) is 4. The smallest absolute Gasteiger partial charge is 0.361 e. The number of unbranched alkanes of at least 4 members (excludes halogenated alkanes) is 8. The molecule has 0 rings (SSSR count). The van der Waals surface area contributed by atoms with E-state index in [1.54, 1.807) is 0 Å². The first-order valence-corrected chi connectivity index (χ1v) is 24.7. The molecule has 0 saturated heterocycles. The SMILES string of the molecule is CC/C=C\C/C=C\C/C=C\C/C=C\C/C=C\C/C=C\C/C=C\CCCCCC(=O)OC(COC(=O)CCCCCCC/C=C\C/C=C\C/C=C\CC)COC(OCC[N+](C)(C)C)C(=O)O. The largest absolute Gasteiger partial charge is 0.477 e. The fraction of sp³-hybridized carbons (Fsp3) is 0.589. The van der Waals surface area contributed by atoms with Crippen LogP contribution in [0, 0.1) is 0 Å². The van der Waals surface area contributed by atoms with Crippen molar-refractivity contribution < 1.29 is 42.9 Å². The minimum Gasteiger partial charge on any atom is -0.477 e. The van der Waals surface area contributed by atoms with Crippen LogP contribution >= 0.6 is 0 Å². The highest BCUT2D eigenvalue weighted by atomic mass is 16.7. The number of carbonyl (C=O) groups excluding carboxylic acids is 2. The molecular formula is C56H90NO8+. The molecule has 0 aromatic heterocycles. The molecule has 1 N–H and O–H groups in total. The maximum absolute atomic E-state index is 12.8. The topological polar surface area (TPSA) is 108 Å². The van der Waals surface area contributed by atoms with Crippen molar-refractivity contribution in [3.05, 3.63) is 122 Å². The third kappa shape index (κ3) is 47.5. The summed E-state index contributed by atoms with van der Waals surface area (Å²) >= 11 is 0. The Kier molecular flexibility index (Phi) is 43.2. The maximum atomic E-state index is 12.8. The van der Waals surface area contributed by atoms with E-state index in [0.29, 0.717) is 23.9 Å². The van der Waals surface area contributed by atoms with Gasteiger partial charge in [0.15, 0.2) is 6.10 Å². The van der Waals surface area contributed by atoms with Crippen molar-refractivity contribution in [1.29, 1.82) is 0 Å². The molecule has 9 nitrogen and oxygen atoms in total. The molecule has 2 unspecified atom stereocenters. The Balaban J connectivity index is 4.49. The number of likely N-dealkylation sites (N-methyl/N-ethyl adjacent to an activating group) is 1. The fourth-order valence-corrected chi connectivity index (χ4v) is 5.95. The number of aliphatic carboxylic acids is 1. The molecule has 9 heteroatoms. The van der Waals surface area contributed by atoms with Crippen molar-refractivity contribution in [3.63, 3.8) is 0 Å². The number of hydrogen-bond donors (Lipinski definition) is 1. The predicted molar refractivity (Wildman–Crippen MR) is 271 cm³/mol. The van der Waals surface area contributed by atoms with Gasteiger partial charge in [-0.2, -0.15) is 0 Å². The summed E-state index contributed by atoms with van der Waals surface area (Å²) < 4.78 is 22.7. The highest BCUT2D eigenvalue weighted by Gasteiger charge is 2.25. The fourth-order valence-electron chi connectivity index (χ4n) is 5.95. The summed E-state index contributed by atoms with van der Waals surface area (Å²) in [6.07, 6.45) is 61.2. The third-order valence-corrected chi connectivity index (χ3v) is 9.71. The first kappa shape index (κ1) is 60.7. The van der Waals surface area contributed by atoms with Gasteiger partial charge >= 0.3 is 17.9 Å². The van der Waals surface area contributed by atoms with Gasteiger partial charge < -0.3 is 28.5 Å². The molecule has 0 heterocycles. The van der Waals surface area contributed by atoms with Crippen LogP contribution in [0.25, 0.3) is 0 Å². The molecule has 0 bridgehead atoms. The first-order chi connectivity index (χ1) is 31.6. The van der Waals surface area contributed by atoms with Gasteiger partial charge in [-0.15, -0.1) is 0 Å². The van der Waals surface area contributed by atoms with Crippen molar-refractivity contribution in [3.8, 4) is 0 Å². The van der Waals surface area contributed by atoms with Gasteiger partial charge in [0.2, 0.25) is 0 Å². The molecule has 0 amide bonds. The van der Waals surface area contributed by atoms with Crippen molar-refractivity contribution in [2.75, 3.05) is 47.5 Å². The van der Waals surface area contributed by atoms with Gasteiger partial charge in [0.05, 0.1) is 34.4 Å². The Labute approximate surface area is 396 Å². The lowest BCUT2D eigenvalue weighted by Crippen LogP contribution is -2.40. The quantitative estimate of drug-likeness (QED) is 0.0212. The summed E-state index contributed by atoms with van der Waals surface area (Å²) in [7, 11) is 5.93. The molecule has 2 atom stereocenters. The molecule has 0 aromatic carbocycles. The zero-order chi connectivity index (χ0) is 47.7. The molecule has 0 aliphatic rings. The molecule has 366 valence electrons. The van der Waals surface area contributed by atoms with E-state index >= 15 is 0 Å². The molecule has 0 spiro atoms. The van der Waals surface area contributed by atoms with E-state index in [-0.39, 0.29) is 38.6 Å². The van der Waals surface area contributed by atoms with Crippen LogP contribution in [0.15, 0.2) is 122 Å². The molecule has 0 radical (unpaired) electrons. The van der Waals surface area contributed by atoms with Crippen LogP contribution in [0.5, 0.6) is 0 Å². The summed E-state index contributed by atoms with van der Waals surface area (Å²) in [5, 5.41) is 9.66. The van der Waals surface area contributed by atoms with Gasteiger partial charge in [-0.3, -0.25) is 9.59 Å². The lowest BCUT2D eigenvalue weighted by Gasteiger charge is -2.25. The van der Waals surface area contributed by atoms with Crippen LogP contribution in [-0.2, 0) is 33.3 Å². The Morgan fingerprint density at radius 3 is 1.25 bits per heavy atom. The van der Waals surface area contributed by atoms with Crippen LogP contribution in [0.3, 0.4) is 0 Å². The number of rotatable bonds is 43. The second kappa shape index (κ2) is 46.2. The molecule has 0 fully saturated rings. The summed E-state index contributed by atoms with van der Waals surface area (Å²) in [6, 6.07) is 0. The van der Waals surface area contributed by atoms with Crippen molar-refractivity contribution in [1.82, 2.24) is 0 Å². The van der Waals surface area contributed by atoms with Crippen molar-refractivity contribution >= 4 is 17.9 Å². The van der Waals surface area contributed by atoms with E-state index in [9.17, 15) is 19.5 Å². The average molecular weight is 905 g/mol. The first-order valence-electron chi connectivity index (χ1n) is 24.7. The van der Waals surface area contributed by atoms with Crippen LogP contribution in [0.4, 0.5) is 0 Å². The van der Waals surface area contributed by atoms with Crippen LogP contribution in [0.2, 0.25) is 0 Å². The summed E-state index contributed by atoms with van der Waals surface area (Å²) in [5.74, 6) is -2.10. The van der Waals surface area contributed by atoms with Gasteiger partial charge in [-0.05, 0) is 103 Å². The van der Waals surface area contributed by atoms with E-state index in [1.807, 2.05) is 21.1 Å². The highest BCUT2D eigenvalue weighted by molar-refractivity contribution is 5.71. The molecule has 0 aliphatic carbocycles. The molecule has 0 saturated carbocycles. The number of quaternary nitrogens is 1. The Morgan fingerprint density at radius 2 is 0.831 bits per heavy atom. The number of carbonyl (C=O) groups is 3. The van der Waals surface area contributed by atoms with Crippen LogP contribution < -0.4 is 0 Å². The monoisotopic (exact) mass is 905 g/mol. The minimum atomic E-state index is -1.53. The Bertz CT molecular complexity index is 1470. The van der Waals surface area contributed by atoms with E-state index in [4.69, 9.17) is 18.9 Å². The summed E-state index contributed by atoms with van der Waals surface area (Å²) in [5.41, 5.74) is 0. The Morgan fingerprint density at radius 1 is 0.462 bits per heavy atom. The molecule has 65 heavy (non-hydrogen) atoms. The predicted octanol–water partition coefficient (Wildman–Crippen LogP) is 13.8. The van der Waals surface area contributed by atoms with Gasteiger partial charge in [-0.25, -0.2) is 4.79 Å². The van der Waals surface area contributed by atoms with Gasteiger partial charge in [0.25, 0.3) is 6.29 Å². The van der Waals surface area contributed by atoms with Crippen LogP contribution in [-0.4, -0.2) is 87.4 Å². The third-order valence-electron chi connectivity index (χ3n) is 9.71. The minimum absolute atomic E-state index is 0.170. The average Bonchev–Trinajstić information content (AvgIpc) is 3.27. The number of hydrogen-bond acceptors (Lipinski definition) is 7. The number of allylic oxidation sites excluding steroid dienone is 20. The Hall–Kier alpha value is -4.31. The second-order valence-electron chi connectivity index (χ2n) is 17.0. The lowest BCUT2D eigenvalue weighted by molar-refractivity contribution is -0.870. The molecule has 0 aromatic rings.